The van der Waals surface area contributed by atoms with Gasteiger partial charge >= 0.3 is 0 Å². The number of halogens is 2. The number of hydrogen-bond donors (Lipinski definition) is 1. The molecule has 1 fully saturated rings. The van der Waals surface area contributed by atoms with Crippen molar-refractivity contribution in [2.45, 2.75) is 32.9 Å². The summed E-state index contributed by atoms with van der Waals surface area (Å²) >= 11 is 1.92. The van der Waals surface area contributed by atoms with Crippen LogP contribution in [0.3, 0.4) is 0 Å². The molecular formula is C14H19F2NS. The quantitative estimate of drug-likeness (QED) is 0.901. The Morgan fingerprint density at radius 2 is 2.17 bits per heavy atom. The fourth-order valence-corrected chi connectivity index (χ4v) is 3.83. The lowest BCUT2D eigenvalue weighted by Gasteiger charge is -2.39. The Bertz CT molecular complexity index is 420. The van der Waals surface area contributed by atoms with E-state index in [-0.39, 0.29) is 17.0 Å². The highest BCUT2D eigenvalue weighted by Gasteiger charge is 2.32. The summed E-state index contributed by atoms with van der Waals surface area (Å²) in [7, 11) is 0. The third kappa shape index (κ3) is 3.23. The minimum absolute atomic E-state index is 0.217. The van der Waals surface area contributed by atoms with Gasteiger partial charge in [0.2, 0.25) is 0 Å². The van der Waals surface area contributed by atoms with Crippen LogP contribution >= 0.6 is 11.8 Å². The van der Waals surface area contributed by atoms with Gasteiger partial charge in [-0.3, -0.25) is 0 Å². The average molecular weight is 271 g/mol. The third-order valence-corrected chi connectivity index (χ3v) is 4.73. The zero-order valence-corrected chi connectivity index (χ0v) is 11.6. The average Bonchev–Trinajstić information content (AvgIpc) is 2.31. The molecule has 18 heavy (non-hydrogen) atoms. The molecule has 0 radical (unpaired) electrons. The number of hydrogen-bond acceptors (Lipinski definition) is 2. The molecule has 1 N–H and O–H groups in total. The normalized spacial score (nSPS) is 23.0. The second kappa shape index (κ2) is 5.57. The van der Waals surface area contributed by atoms with Crippen molar-refractivity contribution < 1.29 is 8.78 Å². The lowest BCUT2D eigenvalue weighted by atomic mass is 9.82. The monoisotopic (exact) mass is 271 g/mol. The zero-order valence-electron chi connectivity index (χ0n) is 10.8. The van der Waals surface area contributed by atoms with Crippen LogP contribution in [0.5, 0.6) is 0 Å². The number of nitrogens with one attached hydrogen (secondary N) is 1. The van der Waals surface area contributed by atoms with Crippen LogP contribution in [-0.4, -0.2) is 17.5 Å². The molecule has 1 aliphatic heterocycles. The first-order valence-electron chi connectivity index (χ1n) is 6.24. The first kappa shape index (κ1) is 13.8. The lowest BCUT2D eigenvalue weighted by Crippen LogP contribution is -2.46. The standard InChI is InChI=1S/C14H19F2NS/c1-14(2)5-6-18-9-13(14)17-8-10-7-11(15)3-4-12(10)16/h3-4,7,13,17H,5-6,8-9H2,1-2H3. The van der Waals surface area contributed by atoms with E-state index >= 15 is 0 Å². The summed E-state index contributed by atoms with van der Waals surface area (Å²) < 4.78 is 26.6. The molecule has 0 amide bonds. The fraction of sp³-hybridized carbons (Fsp3) is 0.571. The van der Waals surface area contributed by atoms with Crippen molar-refractivity contribution >= 4 is 11.8 Å². The Labute approximate surface area is 111 Å². The van der Waals surface area contributed by atoms with Crippen molar-refractivity contribution in [2.24, 2.45) is 5.41 Å². The second-order valence-corrected chi connectivity index (χ2v) is 6.63. The molecule has 0 spiro atoms. The van der Waals surface area contributed by atoms with E-state index in [2.05, 4.69) is 19.2 Å². The van der Waals surface area contributed by atoms with E-state index in [4.69, 9.17) is 0 Å². The van der Waals surface area contributed by atoms with Gasteiger partial charge in [0.25, 0.3) is 0 Å². The Morgan fingerprint density at radius 1 is 1.39 bits per heavy atom. The number of benzene rings is 1. The van der Waals surface area contributed by atoms with Gasteiger partial charge in [-0.1, -0.05) is 13.8 Å². The minimum Gasteiger partial charge on any atom is -0.308 e. The van der Waals surface area contributed by atoms with Crippen LogP contribution in [0.15, 0.2) is 18.2 Å². The van der Waals surface area contributed by atoms with E-state index < -0.39 is 0 Å². The highest BCUT2D eigenvalue weighted by atomic mass is 32.2. The highest BCUT2D eigenvalue weighted by molar-refractivity contribution is 7.99. The number of thioether (sulfide) groups is 1. The summed E-state index contributed by atoms with van der Waals surface area (Å²) in [6.45, 7) is 4.84. The zero-order chi connectivity index (χ0) is 13.2. The van der Waals surface area contributed by atoms with Crippen LogP contribution in [0.2, 0.25) is 0 Å². The largest absolute Gasteiger partial charge is 0.308 e. The second-order valence-electron chi connectivity index (χ2n) is 5.48. The minimum atomic E-state index is -0.384. The summed E-state index contributed by atoms with van der Waals surface area (Å²) in [6, 6.07) is 3.95. The molecule has 1 aromatic carbocycles. The SMILES string of the molecule is CC1(C)CCSCC1NCc1cc(F)ccc1F. The van der Waals surface area contributed by atoms with Crippen LogP contribution in [0, 0.1) is 17.0 Å². The molecule has 0 aromatic heterocycles. The molecule has 0 saturated carbocycles. The lowest BCUT2D eigenvalue weighted by molar-refractivity contribution is 0.244. The van der Waals surface area contributed by atoms with Gasteiger partial charge in [0, 0.05) is 23.9 Å². The van der Waals surface area contributed by atoms with Gasteiger partial charge in [-0.2, -0.15) is 11.8 Å². The molecule has 1 aromatic rings. The van der Waals surface area contributed by atoms with Gasteiger partial charge in [0.1, 0.15) is 11.6 Å². The van der Waals surface area contributed by atoms with Crippen LogP contribution in [-0.2, 0) is 6.54 Å². The Kier molecular flexibility index (Phi) is 4.28. The van der Waals surface area contributed by atoms with Gasteiger partial charge in [0.15, 0.2) is 0 Å². The first-order valence-corrected chi connectivity index (χ1v) is 7.39. The molecule has 1 unspecified atom stereocenters. The maximum absolute atomic E-state index is 13.5. The van der Waals surface area contributed by atoms with Crippen LogP contribution in [0.25, 0.3) is 0 Å². The molecular weight excluding hydrogens is 252 g/mol. The van der Waals surface area contributed by atoms with Crippen molar-refractivity contribution in [2.75, 3.05) is 11.5 Å². The molecule has 1 saturated heterocycles. The van der Waals surface area contributed by atoms with Crippen molar-refractivity contribution in [3.8, 4) is 0 Å². The van der Waals surface area contributed by atoms with E-state index in [1.165, 1.54) is 17.9 Å². The van der Waals surface area contributed by atoms with Crippen LogP contribution < -0.4 is 5.32 Å². The molecule has 1 aliphatic rings. The van der Waals surface area contributed by atoms with E-state index in [9.17, 15) is 8.78 Å². The highest BCUT2D eigenvalue weighted by Crippen LogP contribution is 2.34. The van der Waals surface area contributed by atoms with E-state index in [1.54, 1.807) is 0 Å². The van der Waals surface area contributed by atoms with Gasteiger partial charge in [-0.25, -0.2) is 8.78 Å². The van der Waals surface area contributed by atoms with Crippen molar-refractivity contribution in [3.05, 3.63) is 35.4 Å². The third-order valence-electron chi connectivity index (χ3n) is 3.67. The maximum Gasteiger partial charge on any atom is 0.127 e. The summed E-state index contributed by atoms with van der Waals surface area (Å²) in [6.07, 6.45) is 1.15. The fourth-order valence-electron chi connectivity index (χ4n) is 2.18. The molecule has 0 bridgehead atoms. The first-order chi connectivity index (χ1) is 8.49. The molecule has 2 rings (SSSR count). The summed E-state index contributed by atoms with van der Waals surface area (Å²) in [5.41, 5.74) is 0.621. The van der Waals surface area contributed by atoms with Gasteiger partial charge in [-0.15, -0.1) is 0 Å². The van der Waals surface area contributed by atoms with E-state index in [0.29, 0.717) is 18.2 Å². The topological polar surface area (TPSA) is 12.0 Å². The molecule has 100 valence electrons. The predicted octanol–water partition coefficient (Wildman–Crippen LogP) is 3.59. The number of rotatable bonds is 3. The molecule has 1 atom stereocenters. The van der Waals surface area contributed by atoms with Crippen molar-refractivity contribution in [1.82, 2.24) is 5.32 Å². The summed E-state index contributed by atoms with van der Waals surface area (Å²) in [5, 5.41) is 3.37. The molecule has 1 heterocycles. The van der Waals surface area contributed by atoms with E-state index in [1.807, 2.05) is 11.8 Å². The van der Waals surface area contributed by atoms with Gasteiger partial charge in [-0.05, 0) is 35.8 Å². The van der Waals surface area contributed by atoms with Crippen molar-refractivity contribution in [3.63, 3.8) is 0 Å². The Morgan fingerprint density at radius 3 is 2.89 bits per heavy atom. The maximum atomic E-state index is 13.5. The Hall–Kier alpha value is -0.610. The molecule has 1 nitrogen and oxygen atoms in total. The molecule has 4 heteroatoms. The van der Waals surface area contributed by atoms with E-state index in [0.717, 1.165) is 18.2 Å². The smallest absolute Gasteiger partial charge is 0.127 e. The predicted molar refractivity (Wildman–Crippen MR) is 72.7 cm³/mol. The van der Waals surface area contributed by atoms with Gasteiger partial charge < -0.3 is 5.32 Å². The van der Waals surface area contributed by atoms with Crippen molar-refractivity contribution in [1.29, 1.82) is 0 Å². The summed E-state index contributed by atoms with van der Waals surface area (Å²) in [5.74, 6) is 1.49. The van der Waals surface area contributed by atoms with Crippen LogP contribution in [0.4, 0.5) is 8.78 Å². The van der Waals surface area contributed by atoms with Crippen LogP contribution in [0.1, 0.15) is 25.8 Å². The van der Waals surface area contributed by atoms with Gasteiger partial charge in [0.05, 0.1) is 0 Å². The Balaban J connectivity index is 2.00. The summed E-state index contributed by atoms with van der Waals surface area (Å²) in [4.78, 5) is 0. The molecule has 0 aliphatic carbocycles.